The molecule has 0 saturated heterocycles. The molecule has 0 aliphatic carbocycles. The summed E-state index contributed by atoms with van der Waals surface area (Å²) < 4.78 is 76.1. The summed E-state index contributed by atoms with van der Waals surface area (Å²) in [5.74, 6) is -1.44. The molecule has 0 spiro atoms. The third-order valence-corrected chi connectivity index (χ3v) is 4.59. The summed E-state index contributed by atoms with van der Waals surface area (Å²) in [7, 11) is -10.2. The van der Waals surface area contributed by atoms with Gasteiger partial charge in [-0.1, -0.05) is 42.5 Å². The van der Waals surface area contributed by atoms with E-state index in [2.05, 4.69) is 13.4 Å². The van der Waals surface area contributed by atoms with E-state index in [4.69, 9.17) is 0 Å². The molecule has 0 fully saturated rings. The molecule has 2 aromatic carbocycles. The average Bonchev–Trinajstić information content (AvgIpc) is 2.63. The molecule has 0 aliphatic heterocycles. The van der Waals surface area contributed by atoms with E-state index in [0.29, 0.717) is 5.69 Å². The summed E-state index contributed by atoms with van der Waals surface area (Å²) in [6, 6.07) is 16.5. The Morgan fingerprint density at radius 1 is 0.677 bits per heavy atom. The third-order valence-electron chi connectivity index (χ3n) is 3.83. The molecular formula is C18H13NNa2O8S2. The van der Waals surface area contributed by atoms with Gasteiger partial charge in [0.05, 0.1) is 11.6 Å². The van der Waals surface area contributed by atoms with Crippen LogP contribution in [0.25, 0.3) is 0 Å². The quantitative estimate of drug-likeness (QED) is 0.187. The minimum atomic E-state index is -5.08. The van der Waals surface area contributed by atoms with E-state index in [1.165, 1.54) is 42.6 Å². The Morgan fingerprint density at radius 2 is 1.10 bits per heavy atom. The molecule has 0 unspecified atom stereocenters. The van der Waals surface area contributed by atoms with Crippen LogP contribution >= 0.6 is 0 Å². The molecular weight excluding hydrogens is 468 g/mol. The van der Waals surface area contributed by atoms with Crippen LogP contribution < -0.4 is 67.5 Å². The predicted octanol–water partition coefficient (Wildman–Crippen LogP) is -4.05. The number of benzene rings is 2. The van der Waals surface area contributed by atoms with Crippen molar-refractivity contribution >= 4 is 20.8 Å². The Labute approximate surface area is 224 Å². The van der Waals surface area contributed by atoms with Gasteiger partial charge in [0, 0.05) is 17.3 Å². The summed E-state index contributed by atoms with van der Waals surface area (Å²) in [4.78, 5) is 4.24. The first-order chi connectivity index (χ1) is 13.6. The van der Waals surface area contributed by atoms with E-state index in [0.717, 1.165) is 0 Å². The topological polar surface area (TPSA) is 146 Å². The monoisotopic (exact) mass is 481 g/mol. The molecule has 0 amide bonds. The normalized spacial score (nSPS) is 11.2. The molecule has 31 heavy (non-hydrogen) atoms. The van der Waals surface area contributed by atoms with Crippen LogP contribution in [0.4, 0.5) is 0 Å². The molecule has 0 radical (unpaired) electrons. The number of rotatable bonds is 7. The zero-order chi connectivity index (χ0) is 21.1. The van der Waals surface area contributed by atoms with Gasteiger partial charge in [0.25, 0.3) is 20.8 Å². The molecule has 0 bridgehead atoms. The van der Waals surface area contributed by atoms with Crippen molar-refractivity contribution in [2.24, 2.45) is 0 Å². The van der Waals surface area contributed by atoms with Gasteiger partial charge in [0.15, 0.2) is 0 Å². The summed E-state index contributed by atoms with van der Waals surface area (Å²) in [5, 5.41) is 0. The fourth-order valence-corrected chi connectivity index (χ4v) is 3.59. The van der Waals surface area contributed by atoms with E-state index in [1.807, 2.05) is 0 Å². The van der Waals surface area contributed by atoms with Crippen molar-refractivity contribution in [1.29, 1.82) is 0 Å². The SMILES string of the molecule is O=S(=O)([O-])Oc1ccccc1C(c1ccccn1)c1ccccc1OS(=O)(=O)[O-].[Na+].[Na+]. The van der Waals surface area contributed by atoms with Crippen LogP contribution in [0.2, 0.25) is 0 Å². The van der Waals surface area contributed by atoms with Crippen LogP contribution in [-0.2, 0) is 20.8 Å². The van der Waals surface area contributed by atoms with Gasteiger partial charge in [-0.15, -0.1) is 0 Å². The number of pyridine rings is 1. The van der Waals surface area contributed by atoms with E-state index >= 15 is 0 Å². The largest absolute Gasteiger partial charge is 1.00 e. The standard InChI is InChI=1S/C18H15NO8S2.2Na/c20-28(21,22)26-16-10-3-1-7-13(16)18(15-9-5-6-12-19-15)14-8-2-4-11-17(14)27-29(23,24)25;;/h1-12,18H,(H,20,21,22)(H,23,24,25);;/q;2*+1/p-2. The van der Waals surface area contributed by atoms with Crippen LogP contribution in [-0.4, -0.2) is 30.9 Å². The zero-order valence-electron chi connectivity index (χ0n) is 16.5. The van der Waals surface area contributed by atoms with Crippen LogP contribution in [0, 0.1) is 0 Å². The van der Waals surface area contributed by atoms with Gasteiger partial charge in [-0.3, -0.25) is 4.98 Å². The van der Waals surface area contributed by atoms with E-state index in [-0.39, 0.29) is 81.7 Å². The van der Waals surface area contributed by atoms with Crippen molar-refractivity contribution in [2.75, 3.05) is 0 Å². The minimum Gasteiger partial charge on any atom is -0.716 e. The van der Waals surface area contributed by atoms with Crippen LogP contribution in [0.5, 0.6) is 11.5 Å². The summed E-state index contributed by atoms with van der Waals surface area (Å²) >= 11 is 0. The molecule has 0 atom stereocenters. The van der Waals surface area contributed by atoms with Gasteiger partial charge in [0.1, 0.15) is 11.5 Å². The number of nitrogens with zero attached hydrogens (tertiary/aromatic N) is 1. The molecule has 0 aliphatic rings. The molecule has 3 rings (SSSR count). The Hall–Kier alpha value is -0.990. The Balaban J connectivity index is 0.00000240. The summed E-state index contributed by atoms with van der Waals surface area (Å²) in [6.07, 6.45) is 1.48. The number of hydrogen-bond acceptors (Lipinski definition) is 9. The maximum Gasteiger partial charge on any atom is 1.00 e. The van der Waals surface area contributed by atoms with Gasteiger partial charge in [0.2, 0.25) is 0 Å². The van der Waals surface area contributed by atoms with Gasteiger partial charge >= 0.3 is 59.1 Å². The molecule has 0 N–H and O–H groups in total. The minimum absolute atomic E-state index is 0. The fraction of sp³-hybridized carbons (Fsp3) is 0.0556. The second kappa shape index (κ2) is 11.8. The number of aromatic nitrogens is 1. The van der Waals surface area contributed by atoms with Gasteiger partial charge in [-0.2, -0.15) is 0 Å². The molecule has 13 heteroatoms. The molecule has 3 aromatic rings. The summed E-state index contributed by atoms with van der Waals surface area (Å²) in [6.45, 7) is 0. The molecule has 0 saturated carbocycles. The van der Waals surface area contributed by atoms with Crippen molar-refractivity contribution in [3.8, 4) is 11.5 Å². The summed E-state index contributed by atoms with van der Waals surface area (Å²) in [5.41, 5.74) is 0.765. The third kappa shape index (κ3) is 8.13. The first-order valence-corrected chi connectivity index (χ1v) is 10.7. The molecule has 1 aromatic heterocycles. The average molecular weight is 481 g/mol. The fourth-order valence-electron chi connectivity index (χ4n) is 2.84. The zero-order valence-corrected chi connectivity index (χ0v) is 22.2. The van der Waals surface area contributed by atoms with Crippen molar-refractivity contribution < 1.29 is 93.4 Å². The Kier molecular flexibility index (Phi) is 10.6. The van der Waals surface area contributed by atoms with Gasteiger partial charge in [-0.25, -0.2) is 16.8 Å². The molecule has 152 valence electrons. The van der Waals surface area contributed by atoms with Crippen LogP contribution in [0.3, 0.4) is 0 Å². The maximum atomic E-state index is 11.2. The smallest absolute Gasteiger partial charge is 0.716 e. The van der Waals surface area contributed by atoms with Crippen molar-refractivity contribution in [3.63, 3.8) is 0 Å². The Bertz CT molecular complexity index is 1140. The molecule has 9 nitrogen and oxygen atoms in total. The van der Waals surface area contributed by atoms with Crippen molar-refractivity contribution in [3.05, 3.63) is 89.7 Å². The Morgan fingerprint density at radius 3 is 1.48 bits per heavy atom. The second-order valence-electron chi connectivity index (χ2n) is 5.75. The van der Waals surface area contributed by atoms with Crippen LogP contribution in [0.1, 0.15) is 22.7 Å². The first kappa shape index (κ1) is 28.0. The van der Waals surface area contributed by atoms with E-state index in [9.17, 15) is 25.9 Å². The van der Waals surface area contributed by atoms with E-state index in [1.54, 1.807) is 30.3 Å². The van der Waals surface area contributed by atoms with E-state index < -0.39 is 26.7 Å². The number of para-hydroxylation sites is 2. The van der Waals surface area contributed by atoms with Gasteiger partial charge in [-0.05, 0) is 24.3 Å². The van der Waals surface area contributed by atoms with Crippen molar-refractivity contribution in [2.45, 2.75) is 5.92 Å². The second-order valence-corrected chi connectivity index (χ2v) is 7.71. The van der Waals surface area contributed by atoms with Gasteiger partial charge < -0.3 is 17.5 Å². The maximum absolute atomic E-state index is 11.2. The number of hydrogen-bond donors (Lipinski definition) is 0. The first-order valence-electron chi connectivity index (χ1n) is 8.03. The van der Waals surface area contributed by atoms with Crippen LogP contribution in [0.15, 0.2) is 72.9 Å². The molecule has 1 heterocycles. The van der Waals surface area contributed by atoms with Crippen molar-refractivity contribution in [1.82, 2.24) is 4.98 Å². The predicted molar refractivity (Wildman–Crippen MR) is 98.7 cm³/mol.